The summed E-state index contributed by atoms with van der Waals surface area (Å²) < 4.78 is 1.90. The van der Waals surface area contributed by atoms with Gasteiger partial charge in [0.1, 0.15) is 0 Å². The second kappa shape index (κ2) is 11.1. The maximum Gasteiger partial charge on any atom is 0.254 e. The van der Waals surface area contributed by atoms with E-state index in [0.29, 0.717) is 23.2 Å². The number of aliphatic imine (C=N–C) groups is 1. The number of dihydropyridines is 1. The number of hydrogen-bond donors (Lipinski definition) is 1. The number of rotatable bonds is 6. The van der Waals surface area contributed by atoms with Crippen molar-refractivity contribution >= 4 is 28.6 Å². The van der Waals surface area contributed by atoms with Crippen molar-refractivity contribution in [1.29, 1.82) is 0 Å². The number of amides is 2. The first-order chi connectivity index (χ1) is 18.2. The molecule has 3 aliphatic rings. The van der Waals surface area contributed by atoms with Gasteiger partial charge in [-0.25, -0.2) is 14.7 Å². The lowest BCUT2D eigenvalue weighted by atomic mass is 9.90. The zero-order chi connectivity index (χ0) is 27.0. The molecule has 2 fully saturated rings. The van der Waals surface area contributed by atoms with Crippen molar-refractivity contribution in [3.63, 3.8) is 0 Å². The highest BCUT2D eigenvalue weighted by Crippen LogP contribution is 2.32. The van der Waals surface area contributed by atoms with E-state index in [0.717, 1.165) is 48.2 Å². The van der Waals surface area contributed by atoms with Gasteiger partial charge in [0.05, 0.1) is 23.1 Å². The average Bonchev–Trinajstić information content (AvgIpc) is 3.32. The number of allylic oxidation sites excluding steroid dienone is 1. The number of nitrogens with zero attached hydrogens (tertiary/aromatic N) is 6. The van der Waals surface area contributed by atoms with E-state index in [1.165, 1.54) is 25.9 Å². The van der Waals surface area contributed by atoms with Crippen LogP contribution in [0.2, 0.25) is 0 Å². The quantitative estimate of drug-likeness (QED) is 0.627. The zero-order valence-electron chi connectivity index (χ0n) is 23.4. The fourth-order valence-electron chi connectivity index (χ4n) is 6.18. The smallest absolute Gasteiger partial charge is 0.254 e. The third kappa shape index (κ3) is 5.45. The van der Waals surface area contributed by atoms with Crippen LogP contribution in [0.1, 0.15) is 81.4 Å². The Hall–Kier alpha value is -2.91. The molecule has 0 spiro atoms. The van der Waals surface area contributed by atoms with Gasteiger partial charge in [0.15, 0.2) is 5.65 Å². The highest BCUT2D eigenvalue weighted by molar-refractivity contribution is 6.07. The lowest BCUT2D eigenvalue weighted by molar-refractivity contribution is -0.120. The Morgan fingerprint density at radius 1 is 1.11 bits per heavy atom. The van der Waals surface area contributed by atoms with Gasteiger partial charge in [0.25, 0.3) is 11.8 Å². The molecule has 2 saturated heterocycles. The maximum absolute atomic E-state index is 13.5. The van der Waals surface area contributed by atoms with Crippen LogP contribution in [0, 0.1) is 5.92 Å². The molecular weight excluding hydrogens is 478 g/mol. The number of pyridine rings is 1. The Bertz CT molecular complexity index is 1260. The number of aromatic nitrogens is 3. The minimum Gasteiger partial charge on any atom is -0.351 e. The molecule has 0 aliphatic carbocycles. The van der Waals surface area contributed by atoms with Crippen LogP contribution >= 0.6 is 0 Å². The number of carbonyl (C=O) groups is 2. The number of fused-ring (bicyclic) bond motifs is 1. The first-order valence-electron chi connectivity index (χ1n) is 14.1. The molecule has 5 heterocycles. The molecule has 1 unspecified atom stereocenters. The molecule has 5 rings (SSSR count). The van der Waals surface area contributed by atoms with Crippen LogP contribution in [-0.4, -0.2) is 87.9 Å². The van der Waals surface area contributed by atoms with Crippen LogP contribution in [0.3, 0.4) is 0 Å². The predicted octanol–water partition coefficient (Wildman–Crippen LogP) is 3.58. The van der Waals surface area contributed by atoms with Crippen molar-refractivity contribution in [2.75, 3.05) is 39.8 Å². The fourth-order valence-corrected chi connectivity index (χ4v) is 6.18. The number of hydrogen-bond acceptors (Lipinski definition) is 6. The molecule has 2 aromatic heterocycles. The van der Waals surface area contributed by atoms with Gasteiger partial charge in [-0.2, -0.15) is 5.10 Å². The molecule has 1 N–H and O–H groups in total. The first-order valence-corrected chi connectivity index (χ1v) is 14.1. The van der Waals surface area contributed by atoms with Crippen molar-refractivity contribution in [3.05, 3.63) is 35.2 Å². The summed E-state index contributed by atoms with van der Waals surface area (Å²) in [5, 5.41) is 8.33. The van der Waals surface area contributed by atoms with Crippen molar-refractivity contribution < 1.29 is 9.59 Å². The Labute approximate surface area is 225 Å². The van der Waals surface area contributed by atoms with Gasteiger partial charge in [-0.1, -0.05) is 5.57 Å². The Morgan fingerprint density at radius 3 is 2.47 bits per heavy atom. The van der Waals surface area contributed by atoms with Gasteiger partial charge in [-0.3, -0.25) is 9.59 Å². The number of likely N-dealkylation sites (tertiary alicyclic amines) is 2. The average molecular weight is 520 g/mol. The Morgan fingerprint density at radius 2 is 1.82 bits per heavy atom. The second-order valence-electron chi connectivity index (χ2n) is 11.6. The van der Waals surface area contributed by atoms with Crippen molar-refractivity contribution in [1.82, 2.24) is 29.9 Å². The maximum atomic E-state index is 13.5. The van der Waals surface area contributed by atoms with Gasteiger partial charge in [0.2, 0.25) is 0 Å². The minimum atomic E-state index is -0.429. The van der Waals surface area contributed by atoms with Crippen LogP contribution in [0.5, 0.6) is 0 Å². The van der Waals surface area contributed by atoms with E-state index in [4.69, 9.17) is 4.98 Å². The lowest BCUT2D eigenvalue weighted by Crippen LogP contribution is -2.46. The zero-order valence-corrected chi connectivity index (χ0v) is 23.4. The number of carbonyl (C=O) groups excluding carboxylic acids is 2. The van der Waals surface area contributed by atoms with Gasteiger partial charge >= 0.3 is 0 Å². The van der Waals surface area contributed by atoms with Crippen LogP contribution in [-0.2, 0) is 4.79 Å². The molecule has 2 aromatic rings. The summed E-state index contributed by atoms with van der Waals surface area (Å²) in [5.74, 6) is -0.516. The standard InChI is InChI=1S/C29H41N7O2/c1-18(2)36-27-25(17-31-36)23(28(37)30-16-24-19(3)14-20(4)32-29(24)38)15-26(33-27)21-6-12-35(13-7-21)22-8-10-34(5)11-9-22/h14-15,17-18,21-22,24H,6-13,16H2,1-5H3,(H,30,37). The van der Waals surface area contributed by atoms with Crippen LogP contribution in [0.15, 0.2) is 28.9 Å². The molecular formula is C29H41N7O2. The normalized spacial score (nSPS) is 22.7. The van der Waals surface area contributed by atoms with Gasteiger partial charge in [-0.15, -0.1) is 0 Å². The third-order valence-electron chi connectivity index (χ3n) is 8.51. The summed E-state index contributed by atoms with van der Waals surface area (Å²) in [6.07, 6.45) is 8.22. The van der Waals surface area contributed by atoms with E-state index >= 15 is 0 Å². The highest BCUT2D eigenvalue weighted by Gasteiger charge is 2.30. The summed E-state index contributed by atoms with van der Waals surface area (Å²) >= 11 is 0. The molecule has 9 heteroatoms. The lowest BCUT2D eigenvalue weighted by Gasteiger charge is -2.41. The van der Waals surface area contributed by atoms with Crippen molar-refractivity contribution in [3.8, 4) is 0 Å². The van der Waals surface area contributed by atoms with Gasteiger partial charge < -0.3 is 15.1 Å². The van der Waals surface area contributed by atoms with E-state index < -0.39 is 5.92 Å². The van der Waals surface area contributed by atoms with E-state index in [-0.39, 0.29) is 24.4 Å². The number of piperidine rings is 2. The van der Waals surface area contributed by atoms with Crippen molar-refractivity contribution in [2.45, 2.75) is 71.4 Å². The minimum absolute atomic E-state index is 0.131. The summed E-state index contributed by atoms with van der Waals surface area (Å²) in [7, 11) is 2.21. The molecule has 9 nitrogen and oxygen atoms in total. The van der Waals surface area contributed by atoms with Crippen molar-refractivity contribution in [2.24, 2.45) is 10.9 Å². The molecule has 2 amide bonds. The second-order valence-corrected chi connectivity index (χ2v) is 11.6. The molecule has 0 aromatic carbocycles. The van der Waals surface area contributed by atoms with Crippen LogP contribution < -0.4 is 5.32 Å². The predicted molar refractivity (Wildman–Crippen MR) is 150 cm³/mol. The van der Waals surface area contributed by atoms with E-state index in [9.17, 15) is 9.59 Å². The van der Waals surface area contributed by atoms with E-state index in [1.807, 2.05) is 30.7 Å². The Balaban J connectivity index is 1.35. The molecule has 0 saturated carbocycles. The largest absolute Gasteiger partial charge is 0.351 e. The van der Waals surface area contributed by atoms with Crippen LogP contribution in [0.25, 0.3) is 11.0 Å². The van der Waals surface area contributed by atoms with Gasteiger partial charge in [0, 0.05) is 36.0 Å². The summed E-state index contributed by atoms with van der Waals surface area (Å²) in [6.45, 7) is 12.6. The summed E-state index contributed by atoms with van der Waals surface area (Å²) in [4.78, 5) is 40.2. The molecule has 204 valence electrons. The Kier molecular flexibility index (Phi) is 7.77. The molecule has 1 atom stereocenters. The summed E-state index contributed by atoms with van der Waals surface area (Å²) in [5.41, 5.74) is 3.94. The monoisotopic (exact) mass is 519 g/mol. The summed E-state index contributed by atoms with van der Waals surface area (Å²) in [6, 6.07) is 2.78. The number of nitrogens with one attached hydrogen (secondary N) is 1. The first kappa shape index (κ1) is 26.7. The SMILES string of the molecule is CC1=CC(C)=NC(=O)C1CNC(=O)c1cc(C2CCN(C3CCN(C)CC3)CC2)nc2c1cnn2C(C)C. The topological polar surface area (TPSA) is 95.7 Å². The molecule has 0 bridgehead atoms. The molecule has 3 aliphatic heterocycles. The van der Waals surface area contributed by atoms with Gasteiger partial charge in [-0.05, 0) is 98.7 Å². The fraction of sp³-hybridized carbons (Fsp3) is 0.621. The third-order valence-corrected chi connectivity index (χ3v) is 8.51. The van der Waals surface area contributed by atoms with E-state index in [1.54, 1.807) is 6.20 Å². The highest BCUT2D eigenvalue weighted by atomic mass is 16.2. The molecule has 0 radical (unpaired) electrons. The molecule has 38 heavy (non-hydrogen) atoms. The van der Waals surface area contributed by atoms with Crippen LogP contribution in [0.4, 0.5) is 0 Å². The van der Waals surface area contributed by atoms with E-state index in [2.05, 4.69) is 46.1 Å².